The molecule has 0 spiro atoms. The summed E-state index contributed by atoms with van der Waals surface area (Å²) in [5.74, 6) is 0. The second-order valence-corrected chi connectivity index (χ2v) is 4.04. The minimum atomic E-state index is -0.433. The van der Waals surface area contributed by atoms with Crippen LogP contribution in [-0.4, -0.2) is 29.9 Å². The molecule has 0 fully saturated rings. The van der Waals surface area contributed by atoms with E-state index in [-0.39, 0.29) is 6.61 Å². The van der Waals surface area contributed by atoms with Crippen LogP contribution in [0, 0.1) is 0 Å². The number of likely N-dealkylation sites (N-methyl/N-ethyl adjacent to an activating group) is 1. The van der Waals surface area contributed by atoms with Gasteiger partial charge in [0.2, 0.25) is 0 Å². The van der Waals surface area contributed by atoms with Crippen molar-refractivity contribution >= 4 is 17.3 Å². The highest BCUT2D eigenvalue weighted by Crippen LogP contribution is 2.29. The molecule has 1 rings (SSSR count). The summed E-state index contributed by atoms with van der Waals surface area (Å²) < 4.78 is 0. The smallest absolute Gasteiger partial charge is 0.0702 e. The van der Waals surface area contributed by atoms with Crippen LogP contribution in [0.3, 0.4) is 0 Å². The first-order chi connectivity index (χ1) is 7.06. The molecular weight excluding hydrogens is 214 g/mol. The van der Waals surface area contributed by atoms with Gasteiger partial charge in [0.05, 0.1) is 23.4 Å². The lowest BCUT2D eigenvalue weighted by Gasteiger charge is -2.24. The number of rotatable bonds is 4. The molecule has 0 amide bonds. The Morgan fingerprint density at radius 1 is 1.47 bits per heavy atom. The van der Waals surface area contributed by atoms with E-state index in [1.165, 1.54) is 0 Å². The zero-order chi connectivity index (χ0) is 11.4. The van der Waals surface area contributed by atoms with Gasteiger partial charge in [-0.05, 0) is 13.0 Å². The van der Waals surface area contributed by atoms with Crippen LogP contribution in [0.2, 0.25) is 5.02 Å². The molecule has 1 aromatic rings. The molecule has 3 nitrogen and oxygen atoms in total. The molecule has 84 valence electrons. The molecule has 0 heterocycles. The molecule has 0 saturated carbocycles. The van der Waals surface area contributed by atoms with Crippen LogP contribution in [0.15, 0.2) is 18.2 Å². The Hall–Kier alpha value is -0.770. The molecule has 1 atom stereocenters. The van der Waals surface area contributed by atoms with E-state index < -0.39 is 6.10 Å². The van der Waals surface area contributed by atoms with E-state index in [0.717, 1.165) is 11.3 Å². The standard InChI is InChI=1S/C11H16ClNO2/c1-8(15)6-13(2)11-9(7-14)4-3-5-10(11)12/h3-5,8,14-15H,6-7H2,1-2H3. The number of nitrogens with zero attached hydrogens (tertiary/aromatic N) is 1. The maximum Gasteiger partial charge on any atom is 0.0702 e. The van der Waals surface area contributed by atoms with Crippen molar-refractivity contribution in [3.8, 4) is 0 Å². The molecule has 4 heteroatoms. The first-order valence-corrected chi connectivity index (χ1v) is 5.21. The summed E-state index contributed by atoms with van der Waals surface area (Å²) in [5, 5.41) is 19.1. The predicted octanol–water partition coefficient (Wildman–Crippen LogP) is 1.65. The maximum absolute atomic E-state index is 9.29. The number of aliphatic hydroxyl groups excluding tert-OH is 2. The third-order valence-electron chi connectivity index (χ3n) is 2.16. The molecule has 0 bridgehead atoms. The van der Waals surface area contributed by atoms with Crippen molar-refractivity contribution in [2.75, 3.05) is 18.5 Å². The summed E-state index contributed by atoms with van der Waals surface area (Å²) in [6.07, 6.45) is -0.433. The third-order valence-corrected chi connectivity index (χ3v) is 2.47. The van der Waals surface area contributed by atoms with E-state index in [9.17, 15) is 10.2 Å². The van der Waals surface area contributed by atoms with Crippen LogP contribution in [0.5, 0.6) is 0 Å². The van der Waals surface area contributed by atoms with Gasteiger partial charge in [0.1, 0.15) is 0 Å². The Morgan fingerprint density at radius 2 is 2.13 bits per heavy atom. The summed E-state index contributed by atoms with van der Waals surface area (Å²) >= 11 is 6.05. The van der Waals surface area contributed by atoms with Crippen molar-refractivity contribution in [3.63, 3.8) is 0 Å². The average molecular weight is 230 g/mol. The Labute approximate surface area is 94.9 Å². The number of hydrogen-bond acceptors (Lipinski definition) is 3. The summed E-state index contributed by atoms with van der Waals surface area (Å²) in [6.45, 7) is 2.14. The van der Waals surface area contributed by atoms with Crippen molar-refractivity contribution in [3.05, 3.63) is 28.8 Å². The summed E-state index contributed by atoms with van der Waals surface area (Å²) in [5.41, 5.74) is 1.55. The fourth-order valence-electron chi connectivity index (χ4n) is 1.60. The van der Waals surface area contributed by atoms with E-state index in [0.29, 0.717) is 11.6 Å². The van der Waals surface area contributed by atoms with Gasteiger partial charge in [-0.25, -0.2) is 0 Å². The van der Waals surface area contributed by atoms with Crippen LogP contribution in [0.1, 0.15) is 12.5 Å². The normalized spacial score (nSPS) is 12.6. The highest BCUT2D eigenvalue weighted by molar-refractivity contribution is 6.33. The molecule has 1 unspecified atom stereocenters. The number of benzene rings is 1. The van der Waals surface area contributed by atoms with Crippen LogP contribution < -0.4 is 4.90 Å². The largest absolute Gasteiger partial charge is 0.392 e. The molecule has 0 aliphatic rings. The molecule has 0 saturated heterocycles. The minimum absolute atomic E-state index is 0.0555. The van der Waals surface area contributed by atoms with Crippen molar-refractivity contribution in [1.82, 2.24) is 0 Å². The van der Waals surface area contributed by atoms with E-state index in [1.807, 2.05) is 18.0 Å². The van der Waals surface area contributed by atoms with Crippen LogP contribution in [-0.2, 0) is 6.61 Å². The van der Waals surface area contributed by atoms with E-state index in [1.54, 1.807) is 19.1 Å². The lowest BCUT2D eigenvalue weighted by molar-refractivity contribution is 0.201. The zero-order valence-corrected chi connectivity index (χ0v) is 9.70. The van der Waals surface area contributed by atoms with Gasteiger partial charge in [-0.2, -0.15) is 0 Å². The molecule has 1 aromatic carbocycles. The van der Waals surface area contributed by atoms with Crippen molar-refractivity contribution in [2.24, 2.45) is 0 Å². The summed E-state index contributed by atoms with van der Waals surface area (Å²) in [4.78, 5) is 1.85. The van der Waals surface area contributed by atoms with Crippen molar-refractivity contribution < 1.29 is 10.2 Å². The Kier molecular flexibility index (Phi) is 4.39. The fraction of sp³-hybridized carbons (Fsp3) is 0.455. The summed E-state index contributed by atoms with van der Waals surface area (Å²) in [6, 6.07) is 5.39. The van der Waals surface area contributed by atoms with Crippen LogP contribution in [0.25, 0.3) is 0 Å². The second-order valence-electron chi connectivity index (χ2n) is 3.64. The maximum atomic E-state index is 9.29. The molecule has 0 aromatic heterocycles. The van der Waals surface area contributed by atoms with Gasteiger partial charge in [-0.1, -0.05) is 23.7 Å². The summed E-state index contributed by atoms with van der Waals surface area (Å²) in [7, 11) is 1.84. The number of aliphatic hydroxyl groups is 2. The molecule has 0 aliphatic heterocycles. The molecular formula is C11H16ClNO2. The van der Waals surface area contributed by atoms with E-state index >= 15 is 0 Å². The van der Waals surface area contributed by atoms with Crippen LogP contribution in [0.4, 0.5) is 5.69 Å². The van der Waals surface area contributed by atoms with Gasteiger partial charge in [0.15, 0.2) is 0 Å². The van der Waals surface area contributed by atoms with Crippen LogP contribution >= 0.6 is 11.6 Å². The topological polar surface area (TPSA) is 43.7 Å². The van der Waals surface area contributed by atoms with E-state index in [4.69, 9.17) is 11.6 Å². The Balaban J connectivity index is 3.00. The first kappa shape index (κ1) is 12.3. The lowest BCUT2D eigenvalue weighted by Crippen LogP contribution is -2.28. The molecule has 15 heavy (non-hydrogen) atoms. The fourth-order valence-corrected chi connectivity index (χ4v) is 1.94. The van der Waals surface area contributed by atoms with Gasteiger partial charge in [-0.3, -0.25) is 0 Å². The van der Waals surface area contributed by atoms with Gasteiger partial charge in [-0.15, -0.1) is 0 Å². The monoisotopic (exact) mass is 229 g/mol. The highest BCUT2D eigenvalue weighted by Gasteiger charge is 2.12. The molecule has 0 radical (unpaired) electrons. The number of para-hydroxylation sites is 1. The number of hydrogen-bond donors (Lipinski definition) is 2. The van der Waals surface area contributed by atoms with E-state index in [2.05, 4.69) is 0 Å². The Morgan fingerprint density at radius 3 is 2.67 bits per heavy atom. The number of anilines is 1. The highest BCUT2D eigenvalue weighted by atomic mass is 35.5. The SMILES string of the molecule is CC(O)CN(C)c1c(Cl)cccc1CO. The lowest BCUT2D eigenvalue weighted by atomic mass is 10.1. The Bertz CT molecular complexity index is 328. The minimum Gasteiger partial charge on any atom is -0.392 e. The average Bonchev–Trinajstić information content (AvgIpc) is 2.15. The quantitative estimate of drug-likeness (QED) is 0.825. The number of halogens is 1. The first-order valence-electron chi connectivity index (χ1n) is 4.83. The van der Waals surface area contributed by atoms with Gasteiger partial charge in [0, 0.05) is 19.2 Å². The predicted molar refractivity (Wildman–Crippen MR) is 62.3 cm³/mol. The zero-order valence-electron chi connectivity index (χ0n) is 8.94. The van der Waals surface area contributed by atoms with Gasteiger partial charge >= 0.3 is 0 Å². The molecule has 0 aliphatic carbocycles. The van der Waals surface area contributed by atoms with Gasteiger partial charge < -0.3 is 15.1 Å². The second kappa shape index (κ2) is 5.35. The molecule has 2 N–H and O–H groups in total. The third kappa shape index (κ3) is 3.09. The van der Waals surface area contributed by atoms with Gasteiger partial charge in [0.25, 0.3) is 0 Å². The van der Waals surface area contributed by atoms with Crippen molar-refractivity contribution in [2.45, 2.75) is 19.6 Å². The van der Waals surface area contributed by atoms with Crippen molar-refractivity contribution in [1.29, 1.82) is 0 Å².